The Morgan fingerprint density at radius 1 is 1.31 bits per heavy atom. The van der Waals surface area contributed by atoms with Crippen molar-refractivity contribution in [1.82, 2.24) is 0 Å². The van der Waals surface area contributed by atoms with Crippen molar-refractivity contribution in [3.05, 3.63) is 34.9 Å². The highest BCUT2D eigenvalue weighted by atomic mass is 16.6. The first-order valence-corrected chi connectivity index (χ1v) is 10.3. The number of epoxide rings is 1. The van der Waals surface area contributed by atoms with Crippen molar-refractivity contribution in [3.63, 3.8) is 0 Å². The lowest BCUT2D eigenvalue weighted by Gasteiger charge is -2.54. The highest BCUT2D eigenvalue weighted by molar-refractivity contribution is 5.77. The zero-order valence-electron chi connectivity index (χ0n) is 16.6. The Kier molecular flexibility index (Phi) is 4.42. The van der Waals surface area contributed by atoms with Crippen LogP contribution in [0, 0.1) is 11.3 Å². The van der Waals surface area contributed by atoms with Crippen molar-refractivity contribution in [2.75, 3.05) is 13.2 Å². The molecular formula is C23H32O3. The lowest BCUT2D eigenvalue weighted by Crippen LogP contribution is -2.53. The van der Waals surface area contributed by atoms with Crippen LogP contribution < -0.4 is 0 Å². The van der Waals surface area contributed by atoms with Gasteiger partial charge in [-0.3, -0.25) is 4.79 Å². The summed E-state index contributed by atoms with van der Waals surface area (Å²) in [5.41, 5.74) is 4.09. The summed E-state index contributed by atoms with van der Waals surface area (Å²) >= 11 is 0. The average molecular weight is 357 g/mol. The number of rotatable bonds is 4. The normalized spacial score (nSPS) is 35.6. The molecule has 0 radical (unpaired) electrons. The van der Waals surface area contributed by atoms with E-state index in [0.29, 0.717) is 18.4 Å². The minimum Gasteiger partial charge on any atom is -0.462 e. The van der Waals surface area contributed by atoms with Crippen molar-refractivity contribution >= 4 is 5.97 Å². The molecule has 0 aromatic heterocycles. The summed E-state index contributed by atoms with van der Waals surface area (Å²) in [6.07, 6.45) is 5.49. The molecule has 2 unspecified atom stereocenters. The largest absolute Gasteiger partial charge is 0.462 e. The van der Waals surface area contributed by atoms with Gasteiger partial charge in [-0.25, -0.2) is 0 Å². The SMILES string of the molecule is CC(C)c1ccc2c(c1)CCC1[C@](C)(C(=O)OCC3CO3)CCC[C@]21C. The molecule has 26 heavy (non-hydrogen) atoms. The van der Waals surface area contributed by atoms with Gasteiger partial charge in [0.2, 0.25) is 0 Å². The van der Waals surface area contributed by atoms with E-state index in [0.717, 1.165) is 32.3 Å². The van der Waals surface area contributed by atoms with E-state index in [2.05, 4.69) is 45.9 Å². The third-order valence-electron chi connectivity index (χ3n) is 7.31. The third-order valence-corrected chi connectivity index (χ3v) is 7.31. The Hall–Kier alpha value is -1.35. The number of hydrogen-bond donors (Lipinski definition) is 0. The van der Waals surface area contributed by atoms with Gasteiger partial charge in [0, 0.05) is 0 Å². The topological polar surface area (TPSA) is 38.8 Å². The van der Waals surface area contributed by atoms with Gasteiger partial charge in [-0.1, -0.05) is 45.4 Å². The number of carbonyl (C=O) groups is 1. The first kappa shape index (κ1) is 18.0. The quantitative estimate of drug-likeness (QED) is 0.576. The summed E-state index contributed by atoms with van der Waals surface area (Å²) in [4.78, 5) is 13.0. The van der Waals surface area contributed by atoms with E-state index in [1.54, 1.807) is 0 Å². The maximum Gasteiger partial charge on any atom is 0.312 e. The van der Waals surface area contributed by atoms with Crippen LogP contribution >= 0.6 is 0 Å². The van der Waals surface area contributed by atoms with Gasteiger partial charge in [0.25, 0.3) is 0 Å². The van der Waals surface area contributed by atoms with Gasteiger partial charge in [-0.2, -0.15) is 0 Å². The molecule has 1 aromatic carbocycles. The minimum atomic E-state index is -0.379. The highest BCUT2D eigenvalue weighted by Gasteiger charge is 2.55. The van der Waals surface area contributed by atoms with Crippen LogP contribution in [0.3, 0.4) is 0 Å². The van der Waals surface area contributed by atoms with Crippen LogP contribution in [0.25, 0.3) is 0 Å². The lowest BCUT2D eigenvalue weighted by molar-refractivity contribution is -0.165. The molecule has 2 fully saturated rings. The summed E-state index contributed by atoms with van der Waals surface area (Å²) < 4.78 is 10.9. The highest BCUT2D eigenvalue weighted by Crippen LogP contribution is 2.57. The summed E-state index contributed by atoms with van der Waals surface area (Å²) in [6, 6.07) is 7.06. The number of esters is 1. The van der Waals surface area contributed by atoms with E-state index >= 15 is 0 Å². The molecule has 1 aliphatic heterocycles. The van der Waals surface area contributed by atoms with Crippen LogP contribution in [-0.4, -0.2) is 25.3 Å². The zero-order valence-corrected chi connectivity index (χ0v) is 16.6. The van der Waals surface area contributed by atoms with Crippen LogP contribution in [0.4, 0.5) is 0 Å². The molecule has 142 valence electrons. The summed E-state index contributed by atoms with van der Waals surface area (Å²) in [6.45, 7) is 10.2. The average Bonchev–Trinajstić information content (AvgIpc) is 3.43. The van der Waals surface area contributed by atoms with Crippen LogP contribution in [0.15, 0.2) is 18.2 Å². The molecule has 3 nitrogen and oxygen atoms in total. The van der Waals surface area contributed by atoms with Gasteiger partial charge in [-0.05, 0) is 66.5 Å². The molecule has 3 heteroatoms. The first-order chi connectivity index (χ1) is 12.3. The molecule has 3 aliphatic rings. The molecular weight excluding hydrogens is 324 g/mol. The van der Waals surface area contributed by atoms with E-state index in [4.69, 9.17) is 9.47 Å². The molecule has 1 heterocycles. The third kappa shape index (κ3) is 2.89. The number of aryl methyl sites for hydroxylation is 1. The van der Waals surface area contributed by atoms with Crippen molar-refractivity contribution < 1.29 is 14.3 Å². The Labute approximate surface area is 157 Å². The first-order valence-electron chi connectivity index (χ1n) is 10.3. The fourth-order valence-electron chi connectivity index (χ4n) is 5.61. The van der Waals surface area contributed by atoms with Crippen LogP contribution in [-0.2, 0) is 26.1 Å². The second-order valence-corrected chi connectivity index (χ2v) is 9.40. The predicted molar refractivity (Wildman–Crippen MR) is 102 cm³/mol. The molecule has 1 aromatic rings. The van der Waals surface area contributed by atoms with E-state index in [9.17, 15) is 4.79 Å². The Balaban J connectivity index is 1.64. The second-order valence-electron chi connectivity index (χ2n) is 9.40. The monoisotopic (exact) mass is 356 g/mol. The molecule has 0 N–H and O–H groups in total. The van der Waals surface area contributed by atoms with Crippen LogP contribution in [0.2, 0.25) is 0 Å². The van der Waals surface area contributed by atoms with Gasteiger partial charge in [-0.15, -0.1) is 0 Å². The maximum absolute atomic E-state index is 13.0. The summed E-state index contributed by atoms with van der Waals surface area (Å²) in [7, 11) is 0. The number of hydrogen-bond acceptors (Lipinski definition) is 3. The van der Waals surface area contributed by atoms with Gasteiger partial charge >= 0.3 is 5.97 Å². The summed E-state index contributed by atoms with van der Waals surface area (Å²) in [5, 5.41) is 0. The van der Waals surface area contributed by atoms with Crippen LogP contribution in [0.5, 0.6) is 0 Å². The molecule has 1 saturated carbocycles. The molecule has 4 rings (SSSR count). The van der Waals surface area contributed by atoms with Gasteiger partial charge in [0.1, 0.15) is 12.7 Å². The molecule has 0 amide bonds. The van der Waals surface area contributed by atoms with Crippen LogP contribution in [0.1, 0.15) is 76.0 Å². The molecule has 2 aliphatic carbocycles. The predicted octanol–water partition coefficient (Wildman–Crippen LogP) is 4.76. The molecule has 1 saturated heterocycles. The second kappa shape index (κ2) is 6.37. The Morgan fingerprint density at radius 3 is 2.77 bits per heavy atom. The lowest BCUT2D eigenvalue weighted by atomic mass is 9.49. The number of ether oxygens (including phenoxy) is 2. The van der Waals surface area contributed by atoms with Gasteiger partial charge < -0.3 is 9.47 Å². The Morgan fingerprint density at radius 2 is 2.08 bits per heavy atom. The van der Waals surface area contributed by atoms with Crippen molar-refractivity contribution in [3.8, 4) is 0 Å². The maximum atomic E-state index is 13.0. The van der Waals surface area contributed by atoms with E-state index in [-0.39, 0.29) is 22.9 Å². The van der Waals surface area contributed by atoms with Crippen molar-refractivity contribution in [1.29, 1.82) is 0 Å². The van der Waals surface area contributed by atoms with E-state index in [1.807, 2.05) is 0 Å². The number of fused-ring (bicyclic) bond motifs is 3. The number of carbonyl (C=O) groups excluding carboxylic acids is 1. The standard InChI is InChI=1S/C23H32O3/c1-15(2)16-6-8-19-17(12-16)7-9-20-22(19,3)10-5-11-23(20,4)21(24)26-14-18-13-25-18/h6,8,12,15,18,20H,5,7,9-11,13-14H2,1-4H3/t18?,20?,22-,23-/m1/s1. The van der Waals surface area contributed by atoms with Gasteiger partial charge in [0.15, 0.2) is 0 Å². The van der Waals surface area contributed by atoms with E-state index < -0.39 is 0 Å². The van der Waals surface area contributed by atoms with Gasteiger partial charge in [0.05, 0.1) is 12.0 Å². The smallest absolute Gasteiger partial charge is 0.312 e. The summed E-state index contributed by atoms with van der Waals surface area (Å²) in [5.74, 6) is 0.905. The number of benzene rings is 1. The van der Waals surface area contributed by atoms with E-state index in [1.165, 1.54) is 23.1 Å². The molecule has 0 spiro atoms. The molecule has 4 atom stereocenters. The molecule has 0 bridgehead atoms. The Bertz CT molecular complexity index is 705. The van der Waals surface area contributed by atoms with Crippen molar-refractivity contribution in [2.24, 2.45) is 11.3 Å². The fraction of sp³-hybridized carbons (Fsp3) is 0.696. The van der Waals surface area contributed by atoms with Crippen molar-refractivity contribution in [2.45, 2.75) is 77.2 Å². The minimum absolute atomic E-state index is 0.00817. The zero-order chi connectivity index (χ0) is 18.5. The fourth-order valence-corrected chi connectivity index (χ4v) is 5.61.